The standard InChI is InChI=1S/C17H23FN4/c1-10-11(2)13(4)16-8-14(7-15(16)12(10)3)22-17(21-9-19)20-6-5-18/h14H,5-8H2,1-4H3,(H2,20,21,22). The quantitative estimate of drug-likeness (QED) is 0.512. The van der Waals surface area contributed by atoms with Gasteiger partial charge in [0.25, 0.3) is 0 Å². The summed E-state index contributed by atoms with van der Waals surface area (Å²) in [7, 11) is 0. The fourth-order valence-electron chi connectivity index (χ4n) is 3.22. The summed E-state index contributed by atoms with van der Waals surface area (Å²) in [6.07, 6.45) is 3.57. The Morgan fingerprint density at radius 2 is 1.68 bits per heavy atom. The van der Waals surface area contributed by atoms with Crippen molar-refractivity contribution in [2.75, 3.05) is 13.2 Å². The average Bonchev–Trinajstić information content (AvgIpc) is 2.92. The number of rotatable bonds is 3. The molecule has 1 aromatic rings. The van der Waals surface area contributed by atoms with Crippen LogP contribution in [0.25, 0.3) is 0 Å². The summed E-state index contributed by atoms with van der Waals surface area (Å²) in [5.41, 5.74) is 8.24. The van der Waals surface area contributed by atoms with Crippen molar-refractivity contribution < 1.29 is 4.39 Å². The van der Waals surface area contributed by atoms with Gasteiger partial charge in [-0.2, -0.15) is 5.26 Å². The number of fused-ring (bicyclic) bond motifs is 1. The van der Waals surface area contributed by atoms with Gasteiger partial charge < -0.3 is 10.6 Å². The molecule has 0 fully saturated rings. The molecule has 0 bridgehead atoms. The maximum atomic E-state index is 12.3. The third-order valence-electron chi connectivity index (χ3n) is 4.75. The van der Waals surface area contributed by atoms with Gasteiger partial charge in [0.15, 0.2) is 0 Å². The van der Waals surface area contributed by atoms with Gasteiger partial charge in [-0.05, 0) is 73.9 Å². The molecule has 0 saturated carbocycles. The Labute approximate surface area is 131 Å². The van der Waals surface area contributed by atoms with Gasteiger partial charge >= 0.3 is 0 Å². The number of nitrogens with zero attached hydrogens (tertiary/aromatic N) is 2. The van der Waals surface area contributed by atoms with Gasteiger partial charge in [-0.1, -0.05) is 0 Å². The van der Waals surface area contributed by atoms with Crippen LogP contribution in [-0.2, 0) is 12.8 Å². The van der Waals surface area contributed by atoms with Crippen molar-refractivity contribution in [3.05, 3.63) is 33.4 Å². The van der Waals surface area contributed by atoms with Crippen molar-refractivity contribution in [2.24, 2.45) is 4.99 Å². The van der Waals surface area contributed by atoms with Gasteiger partial charge in [-0.25, -0.2) is 4.39 Å². The van der Waals surface area contributed by atoms with Crippen LogP contribution < -0.4 is 10.6 Å². The van der Waals surface area contributed by atoms with Gasteiger partial charge in [0, 0.05) is 12.6 Å². The first-order chi connectivity index (χ1) is 10.5. The van der Waals surface area contributed by atoms with Gasteiger partial charge in [0.05, 0.1) is 0 Å². The Hall–Kier alpha value is -2.09. The lowest BCUT2D eigenvalue weighted by atomic mass is 9.90. The minimum atomic E-state index is -0.492. The number of aliphatic imine (C=N–C) groups is 1. The lowest BCUT2D eigenvalue weighted by Gasteiger charge is -2.15. The van der Waals surface area contributed by atoms with Crippen LogP contribution in [0.15, 0.2) is 4.99 Å². The number of hydrogen-bond donors (Lipinski definition) is 2. The maximum absolute atomic E-state index is 12.3. The third kappa shape index (κ3) is 3.06. The first kappa shape index (κ1) is 16.3. The smallest absolute Gasteiger partial charge is 0.209 e. The lowest BCUT2D eigenvalue weighted by molar-refractivity contribution is 0.487. The van der Waals surface area contributed by atoms with E-state index < -0.39 is 6.67 Å². The van der Waals surface area contributed by atoms with Gasteiger partial charge in [0.2, 0.25) is 12.2 Å². The second-order valence-electron chi connectivity index (χ2n) is 5.88. The molecule has 1 aliphatic carbocycles. The average molecular weight is 302 g/mol. The molecule has 118 valence electrons. The van der Waals surface area contributed by atoms with Crippen molar-refractivity contribution in [1.82, 2.24) is 10.6 Å². The van der Waals surface area contributed by atoms with E-state index in [1.807, 2.05) is 0 Å². The highest BCUT2D eigenvalue weighted by Crippen LogP contribution is 2.33. The molecule has 0 aliphatic heterocycles. The molecule has 0 heterocycles. The predicted molar refractivity (Wildman–Crippen MR) is 86.7 cm³/mol. The summed E-state index contributed by atoms with van der Waals surface area (Å²) in [6, 6.07) is 0.188. The number of alkyl halides is 1. The Bertz CT molecular complexity index is 606. The first-order valence-corrected chi connectivity index (χ1v) is 7.60. The molecular weight excluding hydrogens is 279 g/mol. The minimum Gasteiger partial charge on any atom is -0.353 e. The zero-order chi connectivity index (χ0) is 16.3. The van der Waals surface area contributed by atoms with E-state index in [4.69, 9.17) is 5.26 Å². The highest BCUT2D eigenvalue weighted by molar-refractivity contribution is 5.81. The van der Waals surface area contributed by atoms with E-state index in [2.05, 4.69) is 43.3 Å². The van der Waals surface area contributed by atoms with Gasteiger partial charge in [-0.15, -0.1) is 4.99 Å². The van der Waals surface area contributed by atoms with Crippen molar-refractivity contribution in [3.63, 3.8) is 0 Å². The van der Waals surface area contributed by atoms with E-state index in [0.717, 1.165) is 12.8 Å². The first-order valence-electron chi connectivity index (χ1n) is 7.60. The van der Waals surface area contributed by atoms with E-state index in [0.29, 0.717) is 5.96 Å². The van der Waals surface area contributed by atoms with Gasteiger partial charge in [0.1, 0.15) is 6.67 Å². The number of nitriles is 1. The highest BCUT2D eigenvalue weighted by Gasteiger charge is 2.27. The van der Waals surface area contributed by atoms with Crippen LogP contribution in [0.1, 0.15) is 33.4 Å². The topological polar surface area (TPSA) is 60.2 Å². The van der Waals surface area contributed by atoms with E-state index >= 15 is 0 Å². The molecule has 0 aromatic heterocycles. The Kier molecular flexibility index (Phi) is 5.02. The highest BCUT2D eigenvalue weighted by atomic mass is 19.1. The van der Waals surface area contributed by atoms with Crippen molar-refractivity contribution >= 4 is 5.96 Å². The molecule has 2 N–H and O–H groups in total. The lowest BCUT2D eigenvalue weighted by Crippen LogP contribution is -2.44. The van der Waals surface area contributed by atoms with Crippen LogP contribution in [-0.4, -0.2) is 25.2 Å². The molecule has 0 spiro atoms. The molecule has 2 rings (SSSR count). The molecule has 5 heteroatoms. The summed E-state index contributed by atoms with van der Waals surface area (Å²) in [5.74, 6) is 0.363. The molecule has 0 saturated heterocycles. The van der Waals surface area contributed by atoms with Crippen LogP contribution in [0.2, 0.25) is 0 Å². The zero-order valence-corrected chi connectivity index (χ0v) is 13.7. The molecule has 0 unspecified atom stereocenters. The number of guanidine groups is 1. The van der Waals surface area contributed by atoms with Crippen LogP contribution in [0.5, 0.6) is 0 Å². The third-order valence-corrected chi connectivity index (χ3v) is 4.75. The Morgan fingerprint density at radius 1 is 1.14 bits per heavy atom. The molecule has 0 amide bonds. The van der Waals surface area contributed by atoms with Crippen LogP contribution >= 0.6 is 0 Å². The number of benzene rings is 1. The maximum Gasteiger partial charge on any atom is 0.209 e. The molecule has 4 nitrogen and oxygen atoms in total. The molecule has 0 atom stereocenters. The fraction of sp³-hybridized carbons (Fsp3) is 0.529. The van der Waals surface area contributed by atoms with E-state index in [-0.39, 0.29) is 12.6 Å². The summed E-state index contributed by atoms with van der Waals surface area (Å²) < 4.78 is 12.3. The molecule has 0 radical (unpaired) electrons. The van der Waals surface area contributed by atoms with E-state index in [9.17, 15) is 4.39 Å². The van der Waals surface area contributed by atoms with Crippen LogP contribution in [0.4, 0.5) is 4.39 Å². The largest absolute Gasteiger partial charge is 0.353 e. The molecule has 1 aromatic carbocycles. The van der Waals surface area contributed by atoms with Crippen molar-refractivity contribution in [1.29, 1.82) is 5.26 Å². The minimum absolute atomic E-state index is 0.156. The monoisotopic (exact) mass is 302 g/mol. The number of nitrogens with one attached hydrogen (secondary N) is 2. The van der Waals surface area contributed by atoms with E-state index in [1.54, 1.807) is 6.19 Å². The fourth-order valence-corrected chi connectivity index (χ4v) is 3.22. The van der Waals surface area contributed by atoms with Gasteiger partial charge in [-0.3, -0.25) is 0 Å². The Balaban J connectivity index is 2.19. The number of hydrogen-bond acceptors (Lipinski definition) is 2. The van der Waals surface area contributed by atoms with E-state index in [1.165, 1.54) is 33.4 Å². The normalized spacial score (nSPS) is 14.6. The molecule has 1 aliphatic rings. The Morgan fingerprint density at radius 3 is 2.14 bits per heavy atom. The molecular formula is C17H23FN4. The summed E-state index contributed by atoms with van der Waals surface area (Å²) in [6.45, 7) is 8.36. The van der Waals surface area contributed by atoms with Crippen molar-refractivity contribution in [2.45, 2.75) is 46.6 Å². The van der Waals surface area contributed by atoms with Crippen molar-refractivity contribution in [3.8, 4) is 6.19 Å². The van der Waals surface area contributed by atoms with Crippen LogP contribution in [0, 0.1) is 39.1 Å². The second-order valence-corrected chi connectivity index (χ2v) is 5.88. The second kappa shape index (κ2) is 6.78. The summed E-state index contributed by atoms with van der Waals surface area (Å²) in [4.78, 5) is 3.70. The SMILES string of the molecule is Cc1c(C)c(C)c2c(c1C)CC(N/C(=N/C#N)NCCF)C2. The predicted octanol–water partition coefficient (Wildman–Crippen LogP) is 2.37. The summed E-state index contributed by atoms with van der Waals surface area (Å²) >= 11 is 0. The number of halogens is 1. The summed E-state index contributed by atoms with van der Waals surface area (Å²) in [5, 5.41) is 14.8. The zero-order valence-electron chi connectivity index (χ0n) is 13.7. The molecule has 22 heavy (non-hydrogen) atoms. The van der Waals surface area contributed by atoms with Crippen LogP contribution in [0.3, 0.4) is 0 Å².